The van der Waals surface area contributed by atoms with Gasteiger partial charge in [0.2, 0.25) is 0 Å². The number of benzene rings is 1. The summed E-state index contributed by atoms with van der Waals surface area (Å²) in [5.74, 6) is -0.449. The monoisotopic (exact) mass is 240 g/mol. The molecule has 6 heteroatoms. The zero-order valence-electron chi connectivity index (χ0n) is 8.44. The van der Waals surface area contributed by atoms with Crippen LogP contribution in [0.3, 0.4) is 0 Å². The van der Waals surface area contributed by atoms with E-state index in [-0.39, 0.29) is 11.1 Å². The molecule has 0 unspecified atom stereocenters. The molecule has 0 aliphatic rings. The zero-order valence-corrected chi connectivity index (χ0v) is 8.44. The fourth-order valence-electron chi connectivity index (χ4n) is 1.51. The van der Waals surface area contributed by atoms with Crippen molar-refractivity contribution in [3.63, 3.8) is 0 Å². The number of aromatic hydroxyl groups is 1. The summed E-state index contributed by atoms with van der Waals surface area (Å²) < 4.78 is 38.3. The van der Waals surface area contributed by atoms with Crippen LogP contribution in [-0.2, 0) is 6.18 Å². The van der Waals surface area contributed by atoms with Gasteiger partial charge in [-0.15, -0.1) is 0 Å². The molecule has 0 aliphatic carbocycles. The van der Waals surface area contributed by atoms with E-state index in [9.17, 15) is 18.3 Å². The highest BCUT2D eigenvalue weighted by atomic mass is 19.4. The molecule has 0 atom stereocenters. The molecule has 1 heterocycles. The van der Waals surface area contributed by atoms with Gasteiger partial charge in [-0.1, -0.05) is 6.07 Å². The first-order valence-corrected chi connectivity index (χ1v) is 4.64. The average molecular weight is 240 g/mol. The Hall–Kier alpha value is -2.11. The highest BCUT2D eigenvalue weighted by Crippen LogP contribution is 2.40. The Kier molecular flexibility index (Phi) is 2.71. The second-order valence-electron chi connectivity index (χ2n) is 3.32. The first-order valence-electron chi connectivity index (χ1n) is 4.64. The number of rotatable bonds is 1. The van der Waals surface area contributed by atoms with Crippen LogP contribution in [0.1, 0.15) is 5.56 Å². The Morgan fingerprint density at radius 3 is 2.29 bits per heavy atom. The van der Waals surface area contributed by atoms with E-state index in [0.717, 1.165) is 12.1 Å². The molecule has 0 amide bonds. The van der Waals surface area contributed by atoms with E-state index >= 15 is 0 Å². The molecule has 0 bridgehead atoms. The number of halogens is 3. The highest BCUT2D eigenvalue weighted by Gasteiger charge is 2.34. The van der Waals surface area contributed by atoms with Gasteiger partial charge in [-0.3, -0.25) is 0 Å². The molecule has 0 saturated carbocycles. The van der Waals surface area contributed by atoms with Gasteiger partial charge in [0, 0.05) is 23.5 Å². The second kappa shape index (κ2) is 4.04. The number of phenols is 1. The van der Waals surface area contributed by atoms with Gasteiger partial charge in [0.05, 0.1) is 5.56 Å². The number of hydrogen-bond acceptors (Lipinski definition) is 3. The van der Waals surface area contributed by atoms with E-state index in [4.69, 9.17) is 0 Å². The van der Waals surface area contributed by atoms with Crippen LogP contribution in [0.15, 0.2) is 36.9 Å². The molecule has 0 radical (unpaired) electrons. The predicted molar refractivity (Wildman–Crippen MR) is 54.1 cm³/mol. The van der Waals surface area contributed by atoms with Crippen LogP contribution < -0.4 is 0 Å². The molecule has 0 fully saturated rings. The van der Waals surface area contributed by atoms with Gasteiger partial charge in [-0.25, -0.2) is 9.97 Å². The van der Waals surface area contributed by atoms with E-state index in [1.54, 1.807) is 0 Å². The third kappa shape index (κ3) is 2.20. The summed E-state index contributed by atoms with van der Waals surface area (Å²) in [6, 6.07) is 3.24. The Bertz CT molecular complexity index is 526. The Labute approximate surface area is 94.6 Å². The van der Waals surface area contributed by atoms with Crippen molar-refractivity contribution in [2.75, 3.05) is 0 Å². The molecule has 1 aromatic heterocycles. The van der Waals surface area contributed by atoms with Crippen molar-refractivity contribution in [3.8, 4) is 16.9 Å². The third-order valence-electron chi connectivity index (χ3n) is 2.20. The molecular formula is C11H7F3N2O. The van der Waals surface area contributed by atoms with Crippen molar-refractivity contribution < 1.29 is 18.3 Å². The minimum absolute atomic E-state index is 0.123. The summed E-state index contributed by atoms with van der Waals surface area (Å²) in [5.41, 5.74) is -1.09. The van der Waals surface area contributed by atoms with E-state index in [2.05, 4.69) is 9.97 Å². The molecule has 0 spiro atoms. The topological polar surface area (TPSA) is 46.0 Å². The molecule has 1 aromatic carbocycles. The van der Waals surface area contributed by atoms with Crippen molar-refractivity contribution in [3.05, 3.63) is 42.5 Å². The molecular weight excluding hydrogens is 233 g/mol. The second-order valence-corrected chi connectivity index (χ2v) is 3.32. The molecule has 0 aliphatic heterocycles. The van der Waals surface area contributed by atoms with E-state index in [1.165, 1.54) is 24.8 Å². The van der Waals surface area contributed by atoms with Gasteiger partial charge in [0.1, 0.15) is 12.1 Å². The van der Waals surface area contributed by atoms with Crippen molar-refractivity contribution in [1.82, 2.24) is 9.97 Å². The normalized spacial score (nSPS) is 11.5. The number of aromatic nitrogens is 2. The van der Waals surface area contributed by atoms with Gasteiger partial charge in [0.25, 0.3) is 0 Å². The van der Waals surface area contributed by atoms with Gasteiger partial charge in [-0.2, -0.15) is 13.2 Å². The van der Waals surface area contributed by atoms with Gasteiger partial charge < -0.3 is 5.11 Å². The van der Waals surface area contributed by atoms with Crippen LogP contribution >= 0.6 is 0 Å². The fraction of sp³-hybridized carbons (Fsp3) is 0.0909. The minimum atomic E-state index is -4.54. The summed E-state index contributed by atoms with van der Waals surface area (Å²) in [7, 11) is 0. The molecule has 17 heavy (non-hydrogen) atoms. The van der Waals surface area contributed by atoms with Crippen LogP contribution in [0.25, 0.3) is 11.1 Å². The van der Waals surface area contributed by atoms with Crippen LogP contribution in [0.2, 0.25) is 0 Å². The van der Waals surface area contributed by atoms with Crippen molar-refractivity contribution in [2.24, 2.45) is 0 Å². The first-order chi connectivity index (χ1) is 8.00. The smallest absolute Gasteiger partial charge is 0.417 e. The average Bonchev–Trinajstić information content (AvgIpc) is 2.28. The van der Waals surface area contributed by atoms with Crippen molar-refractivity contribution >= 4 is 0 Å². The molecule has 3 nitrogen and oxygen atoms in total. The van der Waals surface area contributed by atoms with E-state index in [0.29, 0.717) is 0 Å². The Balaban J connectivity index is 2.69. The predicted octanol–water partition coefficient (Wildman–Crippen LogP) is 2.87. The summed E-state index contributed by atoms with van der Waals surface area (Å²) in [5, 5.41) is 9.55. The zero-order chi connectivity index (χ0) is 12.5. The van der Waals surface area contributed by atoms with Crippen molar-refractivity contribution in [2.45, 2.75) is 6.18 Å². The quantitative estimate of drug-likeness (QED) is 0.833. The van der Waals surface area contributed by atoms with Gasteiger partial charge >= 0.3 is 6.18 Å². The lowest BCUT2D eigenvalue weighted by Gasteiger charge is -2.13. The first kappa shape index (κ1) is 11.4. The Morgan fingerprint density at radius 1 is 1.06 bits per heavy atom. The Morgan fingerprint density at radius 2 is 1.71 bits per heavy atom. The maximum absolute atomic E-state index is 12.8. The maximum atomic E-state index is 12.8. The SMILES string of the molecule is Oc1cccc(C(F)(F)F)c1-c1cncnc1. The molecule has 88 valence electrons. The molecule has 2 aromatic rings. The molecule has 1 N–H and O–H groups in total. The lowest BCUT2D eigenvalue weighted by molar-refractivity contribution is -0.137. The highest BCUT2D eigenvalue weighted by molar-refractivity contribution is 5.73. The van der Waals surface area contributed by atoms with Crippen LogP contribution in [0.5, 0.6) is 5.75 Å². The largest absolute Gasteiger partial charge is 0.507 e. The standard InChI is InChI=1S/C11H7F3N2O/c12-11(13,14)8-2-1-3-9(17)10(8)7-4-15-6-16-5-7/h1-6,17H. The van der Waals surface area contributed by atoms with E-state index in [1.807, 2.05) is 0 Å². The lowest BCUT2D eigenvalue weighted by Crippen LogP contribution is -2.07. The van der Waals surface area contributed by atoms with Crippen LogP contribution in [0, 0.1) is 0 Å². The molecule has 2 rings (SSSR count). The minimum Gasteiger partial charge on any atom is -0.507 e. The molecule has 0 saturated heterocycles. The summed E-state index contributed by atoms with van der Waals surface area (Å²) >= 11 is 0. The van der Waals surface area contributed by atoms with Gasteiger partial charge in [-0.05, 0) is 12.1 Å². The summed E-state index contributed by atoms with van der Waals surface area (Å²) in [6.07, 6.45) is -0.894. The van der Waals surface area contributed by atoms with E-state index < -0.39 is 17.5 Å². The van der Waals surface area contributed by atoms with Crippen molar-refractivity contribution in [1.29, 1.82) is 0 Å². The van der Waals surface area contributed by atoms with Gasteiger partial charge in [0.15, 0.2) is 0 Å². The maximum Gasteiger partial charge on any atom is 0.417 e. The number of phenolic OH excluding ortho intramolecular Hbond substituents is 1. The fourth-order valence-corrected chi connectivity index (χ4v) is 1.51. The summed E-state index contributed by atoms with van der Waals surface area (Å²) in [6.45, 7) is 0. The lowest BCUT2D eigenvalue weighted by atomic mass is 10.0. The van der Waals surface area contributed by atoms with Crippen LogP contribution in [0.4, 0.5) is 13.2 Å². The number of hydrogen-bond donors (Lipinski definition) is 1. The summed E-state index contributed by atoms with van der Waals surface area (Å²) in [4.78, 5) is 7.27. The third-order valence-corrected chi connectivity index (χ3v) is 2.20. The van der Waals surface area contributed by atoms with Crippen LogP contribution in [-0.4, -0.2) is 15.1 Å². The number of alkyl halides is 3. The number of nitrogens with zero attached hydrogens (tertiary/aromatic N) is 2.